The molecule has 0 fully saturated rings. The van der Waals surface area contributed by atoms with Gasteiger partial charge in [0.1, 0.15) is 5.82 Å². The van der Waals surface area contributed by atoms with Crippen molar-refractivity contribution in [3.05, 3.63) is 22.8 Å². The van der Waals surface area contributed by atoms with Crippen LogP contribution in [0.3, 0.4) is 0 Å². The Labute approximate surface area is 114 Å². The van der Waals surface area contributed by atoms with Crippen LogP contribution in [-0.4, -0.2) is 15.9 Å². The first-order chi connectivity index (χ1) is 8.06. The van der Waals surface area contributed by atoms with Crippen LogP contribution >= 0.6 is 28.1 Å². The van der Waals surface area contributed by atoms with Crippen molar-refractivity contribution < 1.29 is 4.79 Å². The lowest BCUT2D eigenvalue weighted by molar-refractivity contribution is -0.118. The fourth-order valence-electron chi connectivity index (χ4n) is 1.37. The molecule has 1 aromatic rings. The molecule has 1 unspecified atom stereocenters. The van der Waals surface area contributed by atoms with Crippen molar-refractivity contribution in [1.82, 2.24) is 4.98 Å². The van der Waals surface area contributed by atoms with E-state index in [1.807, 2.05) is 6.92 Å². The molecule has 0 aliphatic rings. The number of thiocarbonyl (C=S) groups is 1. The minimum atomic E-state index is -0.441. The summed E-state index contributed by atoms with van der Waals surface area (Å²) in [6.45, 7) is 1.98. The fourth-order valence-corrected chi connectivity index (χ4v) is 1.95. The van der Waals surface area contributed by atoms with E-state index in [1.165, 1.54) is 0 Å². The second-order valence-corrected chi connectivity index (χ2v) is 4.89. The number of amides is 1. The van der Waals surface area contributed by atoms with Gasteiger partial charge in [0.2, 0.25) is 5.91 Å². The molecule has 6 heteroatoms. The molecule has 17 heavy (non-hydrogen) atoms. The largest absolute Gasteiger partial charge is 0.393 e. The highest BCUT2D eigenvalue weighted by atomic mass is 79.9. The molecule has 0 aliphatic heterocycles. The third-order valence-electron chi connectivity index (χ3n) is 2.24. The van der Waals surface area contributed by atoms with Gasteiger partial charge >= 0.3 is 0 Å². The molecular weight excluding hydrogens is 302 g/mol. The molecule has 0 saturated carbocycles. The molecule has 0 aromatic carbocycles. The van der Waals surface area contributed by atoms with Gasteiger partial charge in [0.05, 0.1) is 15.4 Å². The molecule has 0 aliphatic carbocycles. The van der Waals surface area contributed by atoms with Gasteiger partial charge in [-0.1, -0.05) is 25.6 Å². The van der Waals surface area contributed by atoms with Gasteiger partial charge < -0.3 is 11.1 Å². The summed E-state index contributed by atoms with van der Waals surface area (Å²) in [4.78, 5) is 16.2. The number of halogens is 1. The zero-order chi connectivity index (χ0) is 12.8. The normalized spacial score (nSPS) is 11.9. The van der Waals surface area contributed by atoms with E-state index in [0.717, 1.165) is 10.9 Å². The molecule has 4 nitrogen and oxygen atoms in total. The van der Waals surface area contributed by atoms with E-state index in [4.69, 9.17) is 18.0 Å². The number of aromatic nitrogens is 1. The number of rotatable bonds is 5. The van der Waals surface area contributed by atoms with Gasteiger partial charge in [-0.25, -0.2) is 4.98 Å². The van der Waals surface area contributed by atoms with Gasteiger partial charge in [-0.05, 0) is 34.5 Å². The molecule has 1 amide bonds. The monoisotopic (exact) mass is 315 g/mol. The van der Waals surface area contributed by atoms with E-state index in [-0.39, 0.29) is 10.9 Å². The summed E-state index contributed by atoms with van der Waals surface area (Å²) in [5.74, 6) is -0.169. The van der Waals surface area contributed by atoms with Crippen LogP contribution in [0.25, 0.3) is 0 Å². The van der Waals surface area contributed by atoms with Gasteiger partial charge in [0.15, 0.2) is 0 Å². The van der Waals surface area contributed by atoms with E-state index in [9.17, 15) is 4.79 Å². The number of hydrogen-bond acceptors (Lipinski definition) is 3. The predicted molar refractivity (Wildman–Crippen MR) is 75.8 cm³/mol. The summed E-state index contributed by atoms with van der Waals surface area (Å²) in [5, 5.41) is 2.71. The molecule has 3 N–H and O–H groups in total. The molecule has 1 atom stereocenters. The Balaban J connectivity index is 2.77. The molecule has 92 valence electrons. The summed E-state index contributed by atoms with van der Waals surface area (Å²) in [6, 6.07) is 3.58. The standard InChI is InChI=1S/C11H14BrN3OS/c1-2-4-7(9(13)17)11(16)15-10-8(12)5-3-6-14-10/h3,5-7H,2,4H2,1H3,(H2,13,17)(H,14,15,16). The summed E-state index contributed by atoms with van der Waals surface area (Å²) in [5.41, 5.74) is 5.55. The van der Waals surface area contributed by atoms with Crippen molar-refractivity contribution in [2.45, 2.75) is 19.8 Å². The van der Waals surface area contributed by atoms with E-state index in [1.54, 1.807) is 18.3 Å². The zero-order valence-corrected chi connectivity index (χ0v) is 11.8. The van der Waals surface area contributed by atoms with Crippen LogP contribution in [0.15, 0.2) is 22.8 Å². The number of carbonyl (C=O) groups is 1. The second-order valence-electron chi connectivity index (χ2n) is 3.57. The van der Waals surface area contributed by atoms with Crippen molar-refractivity contribution in [2.24, 2.45) is 11.7 Å². The van der Waals surface area contributed by atoms with Crippen LogP contribution in [0.1, 0.15) is 19.8 Å². The lowest BCUT2D eigenvalue weighted by Gasteiger charge is -2.14. The Hall–Kier alpha value is -1.01. The summed E-state index contributed by atoms with van der Waals surface area (Å²) < 4.78 is 0.728. The van der Waals surface area contributed by atoms with Crippen LogP contribution < -0.4 is 11.1 Å². The van der Waals surface area contributed by atoms with Gasteiger partial charge in [-0.2, -0.15) is 0 Å². The number of nitrogens with two attached hydrogens (primary N) is 1. The Bertz CT molecular complexity index is 425. The van der Waals surface area contributed by atoms with Crippen molar-refractivity contribution >= 4 is 44.9 Å². The molecular formula is C11H14BrN3OS. The topological polar surface area (TPSA) is 68.0 Å². The third-order valence-corrected chi connectivity index (χ3v) is 3.16. The summed E-state index contributed by atoms with van der Waals surface area (Å²) in [6.07, 6.45) is 3.10. The van der Waals surface area contributed by atoms with Gasteiger partial charge in [0.25, 0.3) is 0 Å². The van der Waals surface area contributed by atoms with Gasteiger partial charge in [-0.15, -0.1) is 0 Å². The minimum Gasteiger partial charge on any atom is -0.393 e. The van der Waals surface area contributed by atoms with Crippen molar-refractivity contribution in [3.8, 4) is 0 Å². The predicted octanol–water partition coefficient (Wildman–Crippen LogP) is 2.48. The summed E-state index contributed by atoms with van der Waals surface area (Å²) >= 11 is 8.20. The van der Waals surface area contributed by atoms with Crippen molar-refractivity contribution in [1.29, 1.82) is 0 Å². The lowest BCUT2D eigenvalue weighted by atomic mass is 10.0. The number of carbonyl (C=O) groups excluding carboxylic acids is 1. The molecule has 0 spiro atoms. The summed E-state index contributed by atoms with van der Waals surface area (Å²) in [7, 11) is 0. The van der Waals surface area contributed by atoms with Crippen LogP contribution in [0.5, 0.6) is 0 Å². The second kappa shape index (κ2) is 6.66. The first-order valence-electron chi connectivity index (χ1n) is 5.27. The zero-order valence-electron chi connectivity index (χ0n) is 9.44. The lowest BCUT2D eigenvalue weighted by Crippen LogP contribution is -2.33. The highest BCUT2D eigenvalue weighted by Gasteiger charge is 2.21. The molecule has 1 heterocycles. The number of nitrogens with one attached hydrogen (secondary N) is 1. The number of hydrogen-bond donors (Lipinski definition) is 2. The maximum absolute atomic E-state index is 12.0. The van der Waals surface area contributed by atoms with Gasteiger partial charge in [0, 0.05) is 6.20 Å². The average Bonchev–Trinajstić information content (AvgIpc) is 2.28. The molecule has 0 radical (unpaired) electrons. The quantitative estimate of drug-likeness (QED) is 0.819. The van der Waals surface area contributed by atoms with Crippen molar-refractivity contribution in [3.63, 3.8) is 0 Å². The molecule has 1 aromatic heterocycles. The highest BCUT2D eigenvalue weighted by Crippen LogP contribution is 2.19. The van der Waals surface area contributed by atoms with E-state index < -0.39 is 5.92 Å². The Morgan fingerprint density at radius 3 is 2.94 bits per heavy atom. The van der Waals surface area contributed by atoms with Crippen LogP contribution in [0.2, 0.25) is 0 Å². The fraction of sp³-hybridized carbons (Fsp3) is 0.364. The smallest absolute Gasteiger partial charge is 0.235 e. The molecule has 0 bridgehead atoms. The number of pyridine rings is 1. The van der Waals surface area contributed by atoms with Crippen LogP contribution in [-0.2, 0) is 4.79 Å². The van der Waals surface area contributed by atoms with E-state index in [2.05, 4.69) is 26.2 Å². The first-order valence-corrected chi connectivity index (χ1v) is 6.47. The Kier molecular flexibility index (Phi) is 5.50. The van der Waals surface area contributed by atoms with Gasteiger partial charge in [-0.3, -0.25) is 4.79 Å². The maximum atomic E-state index is 12.0. The SMILES string of the molecule is CCCC(C(=O)Nc1ncccc1Br)C(N)=S. The van der Waals surface area contributed by atoms with Crippen LogP contribution in [0.4, 0.5) is 5.82 Å². The van der Waals surface area contributed by atoms with E-state index in [0.29, 0.717) is 12.2 Å². The minimum absolute atomic E-state index is 0.209. The van der Waals surface area contributed by atoms with Crippen molar-refractivity contribution in [2.75, 3.05) is 5.32 Å². The Morgan fingerprint density at radius 2 is 2.41 bits per heavy atom. The number of anilines is 1. The molecule has 1 rings (SSSR count). The Morgan fingerprint density at radius 1 is 1.71 bits per heavy atom. The highest BCUT2D eigenvalue weighted by molar-refractivity contribution is 9.10. The molecule has 0 saturated heterocycles. The maximum Gasteiger partial charge on any atom is 0.235 e. The average molecular weight is 316 g/mol. The third kappa shape index (κ3) is 4.05. The number of nitrogens with zero attached hydrogens (tertiary/aromatic N) is 1. The van der Waals surface area contributed by atoms with Crippen LogP contribution in [0, 0.1) is 5.92 Å². The van der Waals surface area contributed by atoms with E-state index >= 15 is 0 Å². The first kappa shape index (κ1) is 14.1.